The van der Waals surface area contributed by atoms with Crippen molar-refractivity contribution >= 4 is 24.0 Å². The molecule has 1 nitrogen and oxygen atoms in total. The maximum Gasteiger partial charge on any atom is 0.129 e. The summed E-state index contributed by atoms with van der Waals surface area (Å²) in [7, 11) is 0. The van der Waals surface area contributed by atoms with Crippen LogP contribution in [0.5, 0.6) is 0 Å². The van der Waals surface area contributed by atoms with E-state index in [2.05, 4.69) is 0 Å². The van der Waals surface area contributed by atoms with Gasteiger partial charge in [0.2, 0.25) is 0 Å². The highest BCUT2D eigenvalue weighted by atomic mass is 35.5. The van der Waals surface area contributed by atoms with Crippen molar-refractivity contribution in [2.75, 3.05) is 0 Å². The van der Waals surface area contributed by atoms with E-state index in [0.717, 1.165) is 18.4 Å². The van der Waals surface area contributed by atoms with Crippen molar-refractivity contribution in [2.24, 2.45) is 11.7 Å². The smallest absolute Gasteiger partial charge is 0.129 e. The first kappa shape index (κ1) is 13.8. The number of hydrogen-bond acceptors (Lipinski definition) is 1. The number of hydrogen-bond donors (Lipinski definition) is 1. The Morgan fingerprint density at radius 2 is 2.06 bits per heavy atom. The van der Waals surface area contributed by atoms with E-state index in [1.54, 1.807) is 6.07 Å². The second-order valence-electron chi connectivity index (χ2n) is 4.31. The first-order valence-corrected chi connectivity index (χ1v) is 5.69. The standard InChI is InChI=1S/C12H15ClFN.ClH/c1-7-5-6-9(14)10(11(7)13)12(15)8-3-2-4-8;/h5-6,8,12H,2-4,15H2,1H3;1H/t12-;/m0./s1. The van der Waals surface area contributed by atoms with Gasteiger partial charge in [-0.15, -0.1) is 12.4 Å². The van der Waals surface area contributed by atoms with Crippen LogP contribution in [-0.4, -0.2) is 0 Å². The van der Waals surface area contributed by atoms with Crippen molar-refractivity contribution in [3.8, 4) is 0 Å². The fraction of sp³-hybridized carbons (Fsp3) is 0.500. The first-order chi connectivity index (χ1) is 7.11. The van der Waals surface area contributed by atoms with Gasteiger partial charge >= 0.3 is 0 Å². The van der Waals surface area contributed by atoms with Gasteiger partial charge in [0.25, 0.3) is 0 Å². The van der Waals surface area contributed by atoms with Gasteiger partial charge in [0, 0.05) is 11.6 Å². The lowest BCUT2D eigenvalue weighted by atomic mass is 9.77. The number of aryl methyl sites for hydroxylation is 1. The number of rotatable bonds is 2. The Morgan fingerprint density at radius 3 is 2.56 bits per heavy atom. The Balaban J connectivity index is 0.00000128. The average molecular weight is 264 g/mol. The van der Waals surface area contributed by atoms with Gasteiger partial charge in [-0.3, -0.25) is 0 Å². The van der Waals surface area contributed by atoms with Crippen LogP contribution in [0, 0.1) is 18.7 Å². The second-order valence-corrected chi connectivity index (χ2v) is 4.69. The summed E-state index contributed by atoms with van der Waals surface area (Å²) in [6.07, 6.45) is 3.37. The minimum atomic E-state index is -0.273. The molecule has 0 saturated heterocycles. The number of nitrogens with two attached hydrogens (primary N) is 1. The second kappa shape index (κ2) is 5.35. The fourth-order valence-corrected chi connectivity index (χ4v) is 2.30. The topological polar surface area (TPSA) is 26.0 Å². The molecule has 16 heavy (non-hydrogen) atoms. The van der Waals surface area contributed by atoms with Crippen molar-refractivity contribution in [1.29, 1.82) is 0 Å². The minimum absolute atomic E-state index is 0. The third-order valence-electron chi connectivity index (χ3n) is 3.31. The van der Waals surface area contributed by atoms with Gasteiger partial charge in [-0.1, -0.05) is 24.1 Å². The van der Waals surface area contributed by atoms with E-state index in [4.69, 9.17) is 17.3 Å². The van der Waals surface area contributed by atoms with Crippen LogP contribution in [0.2, 0.25) is 5.02 Å². The molecule has 1 fully saturated rings. The summed E-state index contributed by atoms with van der Waals surface area (Å²) in [5, 5.41) is 0.495. The van der Waals surface area contributed by atoms with Crippen LogP contribution in [0.15, 0.2) is 12.1 Å². The molecule has 90 valence electrons. The van der Waals surface area contributed by atoms with E-state index in [1.807, 2.05) is 6.92 Å². The zero-order chi connectivity index (χ0) is 11.0. The quantitative estimate of drug-likeness (QED) is 0.858. The Hall–Kier alpha value is -0.310. The Kier molecular flexibility index (Phi) is 4.60. The molecule has 0 spiro atoms. The van der Waals surface area contributed by atoms with Crippen LogP contribution in [0.25, 0.3) is 0 Å². The van der Waals surface area contributed by atoms with Crippen molar-refractivity contribution < 1.29 is 4.39 Å². The molecule has 1 aliphatic carbocycles. The van der Waals surface area contributed by atoms with Crippen LogP contribution < -0.4 is 5.73 Å². The molecule has 0 aromatic heterocycles. The Morgan fingerprint density at radius 1 is 1.44 bits per heavy atom. The highest BCUT2D eigenvalue weighted by Gasteiger charge is 2.29. The predicted octanol–water partition coefficient (Wildman–Crippen LogP) is 4.01. The third kappa shape index (κ3) is 2.34. The van der Waals surface area contributed by atoms with E-state index in [9.17, 15) is 4.39 Å². The summed E-state index contributed by atoms with van der Waals surface area (Å²) in [6.45, 7) is 1.87. The normalized spacial score (nSPS) is 17.5. The molecule has 1 saturated carbocycles. The molecule has 2 N–H and O–H groups in total. The van der Waals surface area contributed by atoms with Crippen LogP contribution in [0.1, 0.15) is 36.4 Å². The third-order valence-corrected chi connectivity index (χ3v) is 3.81. The number of halogens is 3. The van der Waals surface area contributed by atoms with E-state index in [-0.39, 0.29) is 24.3 Å². The van der Waals surface area contributed by atoms with Gasteiger partial charge in [0.05, 0.1) is 5.02 Å². The highest BCUT2D eigenvalue weighted by Crippen LogP contribution is 2.40. The molecule has 0 amide bonds. The Bertz CT molecular complexity index is 378. The lowest BCUT2D eigenvalue weighted by Crippen LogP contribution is -2.28. The van der Waals surface area contributed by atoms with Gasteiger partial charge in [0.15, 0.2) is 0 Å². The number of benzene rings is 1. The summed E-state index contributed by atoms with van der Waals surface area (Å²) in [5.41, 5.74) is 7.44. The van der Waals surface area contributed by atoms with Crippen molar-refractivity contribution in [2.45, 2.75) is 32.2 Å². The average Bonchev–Trinajstić information content (AvgIpc) is 2.09. The molecule has 0 bridgehead atoms. The zero-order valence-corrected chi connectivity index (χ0v) is 10.7. The van der Waals surface area contributed by atoms with Crippen molar-refractivity contribution in [1.82, 2.24) is 0 Å². The van der Waals surface area contributed by atoms with Crippen LogP contribution >= 0.6 is 24.0 Å². The first-order valence-electron chi connectivity index (χ1n) is 5.31. The Labute approximate surface area is 107 Å². The molecule has 1 atom stereocenters. The van der Waals surface area contributed by atoms with Gasteiger partial charge < -0.3 is 5.73 Å². The van der Waals surface area contributed by atoms with Gasteiger partial charge in [0.1, 0.15) is 5.82 Å². The van der Waals surface area contributed by atoms with Crippen molar-refractivity contribution in [3.05, 3.63) is 34.1 Å². The molecular weight excluding hydrogens is 248 g/mol. The van der Waals surface area contributed by atoms with Crippen LogP contribution in [-0.2, 0) is 0 Å². The van der Waals surface area contributed by atoms with E-state index in [1.165, 1.54) is 12.5 Å². The van der Waals surface area contributed by atoms with Gasteiger partial charge in [-0.25, -0.2) is 4.39 Å². The lowest BCUT2D eigenvalue weighted by molar-refractivity contribution is 0.260. The molecular formula is C12H16Cl2FN. The van der Waals surface area contributed by atoms with E-state index in [0.29, 0.717) is 16.5 Å². The lowest BCUT2D eigenvalue weighted by Gasteiger charge is -2.32. The molecule has 0 unspecified atom stereocenters. The monoisotopic (exact) mass is 263 g/mol. The molecule has 1 aromatic rings. The van der Waals surface area contributed by atoms with E-state index >= 15 is 0 Å². The summed E-state index contributed by atoms with van der Waals surface area (Å²) in [4.78, 5) is 0. The maximum absolute atomic E-state index is 13.6. The summed E-state index contributed by atoms with van der Waals surface area (Å²) in [5.74, 6) is 0.129. The SMILES string of the molecule is Cc1ccc(F)c([C@@H](N)C2CCC2)c1Cl.Cl. The maximum atomic E-state index is 13.6. The van der Waals surface area contributed by atoms with Gasteiger partial charge in [-0.2, -0.15) is 0 Å². The molecule has 1 aromatic carbocycles. The minimum Gasteiger partial charge on any atom is -0.324 e. The molecule has 0 aliphatic heterocycles. The summed E-state index contributed by atoms with van der Waals surface area (Å²) in [6, 6.07) is 2.90. The molecule has 0 heterocycles. The molecule has 4 heteroatoms. The molecule has 0 radical (unpaired) electrons. The van der Waals surface area contributed by atoms with Gasteiger partial charge in [-0.05, 0) is 37.3 Å². The molecule has 2 rings (SSSR count). The predicted molar refractivity (Wildman–Crippen MR) is 67.7 cm³/mol. The van der Waals surface area contributed by atoms with Crippen molar-refractivity contribution in [3.63, 3.8) is 0 Å². The molecule has 1 aliphatic rings. The zero-order valence-electron chi connectivity index (χ0n) is 9.17. The van der Waals surface area contributed by atoms with Crippen LogP contribution in [0.4, 0.5) is 4.39 Å². The summed E-state index contributed by atoms with van der Waals surface area (Å²) >= 11 is 6.10. The summed E-state index contributed by atoms with van der Waals surface area (Å²) < 4.78 is 13.6. The highest BCUT2D eigenvalue weighted by molar-refractivity contribution is 6.32. The van der Waals surface area contributed by atoms with Crippen LogP contribution in [0.3, 0.4) is 0 Å². The fourth-order valence-electron chi connectivity index (χ4n) is 2.02. The largest absolute Gasteiger partial charge is 0.324 e. The van der Waals surface area contributed by atoms with E-state index < -0.39 is 0 Å².